The van der Waals surface area contributed by atoms with Gasteiger partial charge in [0.2, 0.25) is 0 Å². The summed E-state index contributed by atoms with van der Waals surface area (Å²) < 4.78 is 5.12. The van der Waals surface area contributed by atoms with Crippen molar-refractivity contribution in [2.24, 2.45) is 0 Å². The van der Waals surface area contributed by atoms with Gasteiger partial charge in [-0.2, -0.15) is 0 Å². The van der Waals surface area contributed by atoms with Gasteiger partial charge in [-0.15, -0.1) is 0 Å². The molecule has 0 atom stereocenters. The summed E-state index contributed by atoms with van der Waals surface area (Å²) >= 11 is 0. The molecule has 236 valence electrons. The molecule has 1 aromatic heterocycles. The van der Waals surface area contributed by atoms with Gasteiger partial charge in [0.1, 0.15) is 12.4 Å². The van der Waals surface area contributed by atoms with Crippen LogP contribution in [0.1, 0.15) is 219 Å². The Balaban J connectivity index is 2.05. The highest BCUT2D eigenvalue weighted by molar-refractivity contribution is 4.86. The molecule has 2 nitrogen and oxygen atoms in total. The maximum Gasteiger partial charge on any atom is 0.256 e. The van der Waals surface area contributed by atoms with Crippen molar-refractivity contribution in [2.45, 2.75) is 226 Å². The Kier molecular flexibility index (Phi) is 26.4. The van der Waals surface area contributed by atoms with Crippen molar-refractivity contribution >= 4 is 0 Å². The zero-order valence-corrected chi connectivity index (χ0v) is 28.3. The van der Waals surface area contributed by atoms with E-state index >= 15 is 0 Å². The highest BCUT2D eigenvalue weighted by Gasteiger charge is 2.18. The summed E-state index contributed by atoms with van der Waals surface area (Å²) in [6.45, 7) is 10.5. The molecule has 0 bridgehead atoms. The van der Waals surface area contributed by atoms with E-state index < -0.39 is 0 Å². The minimum atomic E-state index is 0.569. The molecular formula is C38H75N2+. The first-order chi connectivity index (χ1) is 19.7. The first kappa shape index (κ1) is 37.2. The van der Waals surface area contributed by atoms with Gasteiger partial charge in [-0.1, -0.05) is 174 Å². The highest BCUT2D eigenvalue weighted by Crippen LogP contribution is 2.16. The largest absolute Gasteiger partial charge is 0.256 e. The van der Waals surface area contributed by atoms with Crippen molar-refractivity contribution in [3.8, 4) is 0 Å². The van der Waals surface area contributed by atoms with Crippen LogP contribution in [0.5, 0.6) is 0 Å². The van der Waals surface area contributed by atoms with E-state index in [0.717, 1.165) is 0 Å². The van der Waals surface area contributed by atoms with Gasteiger partial charge in [0, 0.05) is 6.42 Å². The average molecular weight is 560 g/mol. The van der Waals surface area contributed by atoms with E-state index in [4.69, 9.17) is 0 Å². The SMILES string of the molecule is CCCCCCCCCCCCCCCCc1n(C(C)C)cc[n+]1CCCCCCCCCCCCCCCC. The third kappa shape index (κ3) is 21.0. The highest BCUT2D eigenvalue weighted by atomic mass is 15.2. The molecular weight excluding hydrogens is 484 g/mol. The first-order valence-corrected chi connectivity index (χ1v) is 18.8. The Morgan fingerprint density at radius 1 is 0.475 bits per heavy atom. The van der Waals surface area contributed by atoms with Crippen molar-refractivity contribution < 1.29 is 4.57 Å². The Morgan fingerprint density at radius 3 is 1.15 bits per heavy atom. The second kappa shape index (κ2) is 28.3. The smallest absolute Gasteiger partial charge is 0.234 e. The predicted molar refractivity (Wildman–Crippen MR) is 179 cm³/mol. The zero-order chi connectivity index (χ0) is 28.9. The van der Waals surface area contributed by atoms with Crippen molar-refractivity contribution in [3.63, 3.8) is 0 Å². The van der Waals surface area contributed by atoms with Crippen LogP contribution >= 0.6 is 0 Å². The summed E-state index contributed by atoms with van der Waals surface area (Å²) in [6.07, 6.45) is 46.2. The van der Waals surface area contributed by atoms with Gasteiger partial charge in [-0.05, 0) is 33.1 Å². The van der Waals surface area contributed by atoms with Crippen molar-refractivity contribution in [1.82, 2.24) is 4.57 Å². The number of imidazole rings is 1. The van der Waals surface area contributed by atoms with Gasteiger partial charge in [0.05, 0.1) is 12.6 Å². The monoisotopic (exact) mass is 560 g/mol. The van der Waals surface area contributed by atoms with Gasteiger partial charge in [0.25, 0.3) is 5.82 Å². The lowest BCUT2D eigenvalue weighted by molar-refractivity contribution is -0.704. The Labute approximate surface area is 253 Å². The maximum absolute atomic E-state index is 2.59. The first-order valence-electron chi connectivity index (χ1n) is 18.8. The Bertz CT molecular complexity index is 631. The summed E-state index contributed by atoms with van der Waals surface area (Å²) in [5.74, 6) is 1.57. The number of nitrogens with zero attached hydrogens (tertiary/aromatic N) is 2. The summed E-state index contributed by atoms with van der Waals surface area (Å²) in [7, 11) is 0. The third-order valence-electron chi connectivity index (χ3n) is 9.10. The van der Waals surface area contributed by atoms with Crippen molar-refractivity contribution in [2.75, 3.05) is 0 Å². The van der Waals surface area contributed by atoms with Crippen LogP contribution in [0.25, 0.3) is 0 Å². The molecule has 40 heavy (non-hydrogen) atoms. The number of aryl methyl sites for hydroxylation is 1. The van der Waals surface area contributed by atoms with Crippen molar-refractivity contribution in [3.05, 3.63) is 18.2 Å². The minimum Gasteiger partial charge on any atom is -0.234 e. The molecule has 0 saturated carbocycles. The lowest BCUT2D eigenvalue weighted by Crippen LogP contribution is -2.37. The molecule has 0 saturated heterocycles. The normalized spacial score (nSPS) is 11.7. The van der Waals surface area contributed by atoms with Crippen LogP contribution < -0.4 is 4.57 Å². The number of hydrogen-bond acceptors (Lipinski definition) is 0. The predicted octanol–water partition coefficient (Wildman–Crippen LogP) is 12.9. The molecule has 1 rings (SSSR count). The van der Waals surface area contributed by atoms with Crippen LogP contribution in [0.15, 0.2) is 12.4 Å². The Morgan fingerprint density at radius 2 is 0.800 bits per heavy atom. The van der Waals surface area contributed by atoms with E-state index in [1.165, 1.54) is 193 Å². The van der Waals surface area contributed by atoms with Crippen LogP contribution in [0.3, 0.4) is 0 Å². The van der Waals surface area contributed by atoms with Crippen LogP contribution in [0.2, 0.25) is 0 Å². The zero-order valence-electron chi connectivity index (χ0n) is 28.3. The summed E-state index contributed by atoms with van der Waals surface area (Å²) in [4.78, 5) is 0. The summed E-state index contributed by atoms with van der Waals surface area (Å²) in [5, 5.41) is 0. The maximum atomic E-state index is 2.59. The third-order valence-corrected chi connectivity index (χ3v) is 9.10. The van der Waals surface area contributed by atoms with Crippen molar-refractivity contribution in [1.29, 1.82) is 0 Å². The van der Waals surface area contributed by atoms with E-state index in [1.54, 1.807) is 5.82 Å². The second-order valence-corrected chi connectivity index (χ2v) is 13.4. The van der Waals surface area contributed by atoms with Gasteiger partial charge in [-0.25, -0.2) is 9.13 Å². The molecule has 0 amide bonds. The molecule has 0 N–H and O–H groups in total. The lowest BCUT2D eigenvalue weighted by atomic mass is 10.0. The van der Waals surface area contributed by atoms with Crippen LogP contribution in [0.4, 0.5) is 0 Å². The fraction of sp³-hybridized carbons (Fsp3) is 0.921. The quantitative estimate of drug-likeness (QED) is 0.0631. The number of hydrogen-bond donors (Lipinski definition) is 0. The molecule has 0 aliphatic carbocycles. The number of aromatic nitrogens is 2. The molecule has 1 heterocycles. The molecule has 0 spiro atoms. The molecule has 0 aliphatic rings. The molecule has 0 radical (unpaired) electrons. The van der Waals surface area contributed by atoms with Gasteiger partial charge in [-0.3, -0.25) is 0 Å². The fourth-order valence-corrected chi connectivity index (χ4v) is 6.37. The van der Waals surface area contributed by atoms with E-state index in [2.05, 4.69) is 49.2 Å². The number of rotatable bonds is 31. The fourth-order valence-electron chi connectivity index (χ4n) is 6.37. The molecule has 0 fully saturated rings. The molecule has 0 aromatic carbocycles. The number of unbranched alkanes of at least 4 members (excludes halogenated alkanes) is 26. The molecule has 2 heteroatoms. The molecule has 0 aliphatic heterocycles. The lowest BCUT2D eigenvalue weighted by Gasteiger charge is -2.08. The van der Waals surface area contributed by atoms with Gasteiger partial charge < -0.3 is 0 Å². The molecule has 1 aromatic rings. The standard InChI is InChI=1S/C38H75N2/c1-5-7-9-11-13-15-17-19-21-23-25-27-29-31-33-38-39(35-36-40(38)37(3)4)34-32-30-28-26-24-22-20-18-16-14-12-10-8-6-2/h35-37H,5-34H2,1-4H3/q+1. The Hall–Kier alpha value is -0.790. The van der Waals surface area contributed by atoms with Gasteiger partial charge >= 0.3 is 0 Å². The average Bonchev–Trinajstić information content (AvgIpc) is 3.36. The summed E-state index contributed by atoms with van der Waals surface area (Å²) in [6, 6.07) is 0.569. The summed E-state index contributed by atoms with van der Waals surface area (Å²) in [5.41, 5.74) is 0. The van der Waals surface area contributed by atoms with E-state index in [-0.39, 0.29) is 0 Å². The van der Waals surface area contributed by atoms with Gasteiger partial charge in [0.15, 0.2) is 0 Å². The van der Waals surface area contributed by atoms with E-state index in [0.29, 0.717) is 6.04 Å². The topological polar surface area (TPSA) is 8.81 Å². The van der Waals surface area contributed by atoms with Crippen LogP contribution in [-0.2, 0) is 13.0 Å². The second-order valence-electron chi connectivity index (χ2n) is 13.4. The van der Waals surface area contributed by atoms with Crippen LogP contribution in [-0.4, -0.2) is 4.57 Å². The van der Waals surface area contributed by atoms with E-state index in [9.17, 15) is 0 Å². The molecule has 0 unspecified atom stereocenters. The minimum absolute atomic E-state index is 0.569. The van der Waals surface area contributed by atoms with Crippen LogP contribution in [0, 0.1) is 0 Å². The van der Waals surface area contributed by atoms with E-state index in [1.807, 2.05) is 0 Å².